The number of halogens is 2. The standard InChI is InChI=1S/C23H24Cl2N4O2/c1-14-11-20(21(31-2)12-19(14)25)28-23(30)18-13-27-29(17-5-3-16(24)4-6-17)22(18)15-7-9-26-10-8-15/h3-6,11-13,15,26H,7-10H2,1-2H3,(H,28,30). The number of hydrogen-bond acceptors (Lipinski definition) is 4. The minimum absolute atomic E-state index is 0.217. The lowest BCUT2D eigenvalue weighted by Crippen LogP contribution is -2.29. The molecule has 2 aromatic carbocycles. The lowest BCUT2D eigenvalue weighted by molar-refractivity contribution is 0.102. The minimum atomic E-state index is -0.228. The summed E-state index contributed by atoms with van der Waals surface area (Å²) in [7, 11) is 1.55. The number of amides is 1. The van der Waals surface area contributed by atoms with Gasteiger partial charge in [-0.2, -0.15) is 5.10 Å². The molecule has 1 aromatic heterocycles. The molecule has 0 aliphatic carbocycles. The number of methoxy groups -OCH3 is 1. The Morgan fingerprint density at radius 2 is 1.90 bits per heavy atom. The second kappa shape index (κ2) is 9.30. The van der Waals surface area contributed by atoms with E-state index in [1.165, 1.54) is 0 Å². The molecular weight excluding hydrogens is 435 g/mol. The van der Waals surface area contributed by atoms with Crippen LogP contribution in [0.4, 0.5) is 5.69 Å². The van der Waals surface area contributed by atoms with Crippen molar-refractivity contribution in [2.24, 2.45) is 0 Å². The molecule has 2 heterocycles. The van der Waals surface area contributed by atoms with Crippen LogP contribution in [0.2, 0.25) is 10.0 Å². The van der Waals surface area contributed by atoms with Crippen molar-refractivity contribution in [2.75, 3.05) is 25.5 Å². The number of hydrogen-bond donors (Lipinski definition) is 2. The van der Waals surface area contributed by atoms with Crippen LogP contribution in [0.1, 0.15) is 40.4 Å². The molecule has 0 atom stereocenters. The van der Waals surface area contributed by atoms with Gasteiger partial charge in [-0.25, -0.2) is 4.68 Å². The fraction of sp³-hybridized carbons (Fsp3) is 0.304. The normalized spacial score (nSPS) is 14.5. The average molecular weight is 459 g/mol. The van der Waals surface area contributed by atoms with Crippen molar-refractivity contribution < 1.29 is 9.53 Å². The monoisotopic (exact) mass is 458 g/mol. The zero-order valence-corrected chi connectivity index (χ0v) is 18.9. The van der Waals surface area contributed by atoms with Gasteiger partial charge < -0.3 is 15.4 Å². The number of rotatable bonds is 5. The van der Waals surface area contributed by atoms with Gasteiger partial charge in [0.15, 0.2) is 0 Å². The summed E-state index contributed by atoms with van der Waals surface area (Å²) in [4.78, 5) is 13.4. The van der Waals surface area contributed by atoms with Gasteiger partial charge in [0.1, 0.15) is 5.75 Å². The molecule has 6 nitrogen and oxygen atoms in total. The molecule has 0 spiro atoms. The predicted octanol–water partition coefficient (Wildman–Crippen LogP) is 5.22. The van der Waals surface area contributed by atoms with Crippen LogP contribution in [0.5, 0.6) is 5.75 Å². The smallest absolute Gasteiger partial charge is 0.259 e. The van der Waals surface area contributed by atoms with Crippen molar-refractivity contribution in [3.63, 3.8) is 0 Å². The Balaban J connectivity index is 1.73. The van der Waals surface area contributed by atoms with Crippen molar-refractivity contribution in [1.29, 1.82) is 0 Å². The second-order valence-corrected chi connectivity index (χ2v) is 8.46. The summed E-state index contributed by atoms with van der Waals surface area (Å²) in [6, 6.07) is 11.0. The van der Waals surface area contributed by atoms with E-state index in [0.29, 0.717) is 27.0 Å². The summed E-state index contributed by atoms with van der Waals surface area (Å²) in [5.74, 6) is 0.500. The number of aromatic nitrogens is 2. The summed E-state index contributed by atoms with van der Waals surface area (Å²) < 4.78 is 7.26. The highest BCUT2D eigenvalue weighted by Gasteiger charge is 2.27. The average Bonchev–Trinajstić information content (AvgIpc) is 3.22. The van der Waals surface area contributed by atoms with Gasteiger partial charge in [-0.1, -0.05) is 23.2 Å². The maximum Gasteiger partial charge on any atom is 0.259 e. The van der Waals surface area contributed by atoms with E-state index >= 15 is 0 Å². The predicted molar refractivity (Wildman–Crippen MR) is 124 cm³/mol. The first-order valence-electron chi connectivity index (χ1n) is 10.2. The fourth-order valence-corrected chi connectivity index (χ4v) is 4.21. The fourth-order valence-electron chi connectivity index (χ4n) is 3.93. The van der Waals surface area contributed by atoms with Crippen LogP contribution < -0.4 is 15.4 Å². The number of nitrogens with one attached hydrogen (secondary N) is 2. The van der Waals surface area contributed by atoms with Crippen LogP contribution >= 0.6 is 23.2 Å². The summed E-state index contributed by atoms with van der Waals surface area (Å²) in [6.07, 6.45) is 3.50. The molecule has 1 fully saturated rings. The number of nitrogens with zero attached hydrogens (tertiary/aromatic N) is 2. The first-order valence-corrected chi connectivity index (χ1v) is 10.9. The molecule has 0 radical (unpaired) electrons. The van der Waals surface area contributed by atoms with Crippen LogP contribution in [0.3, 0.4) is 0 Å². The van der Waals surface area contributed by atoms with E-state index in [9.17, 15) is 4.79 Å². The van der Waals surface area contributed by atoms with Gasteiger partial charge in [0.25, 0.3) is 5.91 Å². The minimum Gasteiger partial charge on any atom is -0.495 e. The third-order valence-corrected chi connectivity index (χ3v) is 6.24. The zero-order valence-electron chi connectivity index (χ0n) is 17.4. The van der Waals surface area contributed by atoms with E-state index in [2.05, 4.69) is 15.7 Å². The first kappa shape index (κ1) is 21.7. The number of aryl methyl sites for hydroxylation is 1. The Labute approximate surface area is 191 Å². The summed E-state index contributed by atoms with van der Waals surface area (Å²) in [5.41, 5.74) is 3.76. The number of ether oxygens (including phenoxy) is 1. The van der Waals surface area contributed by atoms with E-state index in [1.807, 2.05) is 41.9 Å². The Bertz CT molecular complexity index is 1090. The summed E-state index contributed by atoms with van der Waals surface area (Å²) >= 11 is 12.3. The Morgan fingerprint density at radius 3 is 2.58 bits per heavy atom. The van der Waals surface area contributed by atoms with Gasteiger partial charge in [-0.3, -0.25) is 4.79 Å². The zero-order chi connectivity index (χ0) is 22.0. The molecule has 8 heteroatoms. The van der Waals surface area contributed by atoms with Crippen LogP contribution in [0, 0.1) is 6.92 Å². The Morgan fingerprint density at radius 1 is 1.19 bits per heavy atom. The van der Waals surface area contributed by atoms with Gasteiger partial charge in [-0.05, 0) is 68.8 Å². The van der Waals surface area contributed by atoms with E-state index in [1.54, 1.807) is 19.4 Å². The molecule has 1 aliphatic heterocycles. The van der Waals surface area contributed by atoms with Crippen molar-refractivity contribution >= 4 is 34.8 Å². The highest BCUT2D eigenvalue weighted by Crippen LogP contribution is 2.34. The molecule has 0 bridgehead atoms. The third-order valence-electron chi connectivity index (χ3n) is 5.58. The van der Waals surface area contributed by atoms with E-state index in [0.717, 1.165) is 42.9 Å². The van der Waals surface area contributed by atoms with Crippen molar-refractivity contribution in [3.05, 3.63) is 69.5 Å². The van der Waals surface area contributed by atoms with Crippen molar-refractivity contribution in [2.45, 2.75) is 25.7 Å². The number of carbonyl (C=O) groups excluding carboxylic acids is 1. The highest BCUT2D eigenvalue weighted by atomic mass is 35.5. The lowest BCUT2D eigenvalue weighted by atomic mass is 9.91. The molecule has 1 amide bonds. The molecule has 2 N–H and O–H groups in total. The largest absolute Gasteiger partial charge is 0.495 e. The topological polar surface area (TPSA) is 68.2 Å². The van der Waals surface area contributed by atoms with E-state index in [-0.39, 0.29) is 11.8 Å². The SMILES string of the molecule is COc1cc(Cl)c(C)cc1NC(=O)c1cnn(-c2ccc(Cl)cc2)c1C1CCNCC1. The molecule has 0 unspecified atom stereocenters. The highest BCUT2D eigenvalue weighted by molar-refractivity contribution is 6.31. The van der Waals surface area contributed by atoms with Crippen LogP contribution in [0.15, 0.2) is 42.6 Å². The molecule has 0 saturated carbocycles. The molecule has 1 saturated heterocycles. The van der Waals surface area contributed by atoms with Gasteiger partial charge in [0.2, 0.25) is 0 Å². The van der Waals surface area contributed by atoms with Crippen LogP contribution in [-0.2, 0) is 0 Å². The van der Waals surface area contributed by atoms with Crippen molar-refractivity contribution in [3.8, 4) is 11.4 Å². The molecule has 1 aliphatic rings. The van der Waals surface area contributed by atoms with Crippen LogP contribution in [0.25, 0.3) is 5.69 Å². The third kappa shape index (κ3) is 4.56. The van der Waals surface area contributed by atoms with Gasteiger partial charge in [0.05, 0.1) is 35.9 Å². The van der Waals surface area contributed by atoms with E-state index in [4.69, 9.17) is 27.9 Å². The van der Waals surface area contributed by atoms with Gasteiger partial charge >= 0.3 is 0 Å². The Hall–Kier alpha value is -2.54. The number of anilines is 1. The number of carbonyl (C=O) groups is 1. The number of piperidine rings is 1. The first-order chi connectivity index (χ1) is 15.0. The van der Waals surface area contributed by atoms with Gasteiger partial charge in [-0.15, -0.1) is 0 Å². The maximum atomic E-state index is 13.4. The second-order valence-electron chi connectivity index (χ2n) is 7.61. The summed E-state index contributed by atoms with van der Waals surface area (Å²) in [6.45, 7) is 3.69. The molecule has 162 valence electrons. The molecule has 4 rings (SSSR count). The molecule has 31 heavy (non-hydrogen) atoms. The summed E-state index contributed by atoms with van der Waals surface area (Å²) in [5, 5.41) is 12.2. The molecular formula is C23H24Cl2N4O2. The number of benzene rings is 2. The molecule has 3 aromatic rings. The van der Waals surface area contributed by atoms with Crippen LogP contribution in [-0.4, -0.2) is 35.9 Å². The van der Waals surface area contributed by atoms with Gasteiger partial charge in [0, 0.05) is 22.0 Å². The maximum absolute atomic E-state index is 13.4. The van der Waals surface area contributed by atoms with E-state index < -0.39 is 0 Å². The van der Waals surface area contributed by atoms with Crippen molar-refractivity contribution in [1.82, 2.24) is 15.1 Å². The lowest BCUT2D eigenvalue weighted by Gasteiger charge is -2.25. The quantitative estimate of drug-likeness (QED) is 0.550. The Kier molecular flexibility index (Phi) is 6.51.